The summed E-state index contributed by atoms with van der Waals surface area (Å²) in [5, 5.41) is 15.2. The van der Waals surface area contributed by atoms with Gasteiger partial charge >= 0.3 is 0 Å². The van der Waals surface area contributed by atoms with Crippen molar-refractivity contribution in [2.75, 3.05) is 6.61 Å². The van der Waals surface area contributed by atoms with Gasteiger partial charge in [0.05, 0.1) is 11.9 Å². The highest BCUT2D eigenvalue weighted by Crippen LogP contribution is 2.31. The lowest BCUT2D eigenvalue weighted by molar-refractivity contribution is -0.0372. The van der Waals surface area contributed by atoms with Gasteiger partial charge in [0.25, 0.3) is 0 Å². The molecule has 1 aliphatic rings. The molecule has 5 nitrogen and oxygen atoms in total. The van der Waals surface area contributed by atoms with Gasteiger partial charge in [-0.3, -0.25) is 0 Å². The molecule has 0 saturated carbocycles. The molecule has 0 amide bonds. The van der Waals surface area contributed by atoms with Crippen LogP contribution in [0.2, 0.25) is 0 Å². The van der Waals surface area contributed by atoms with E-state index in [1.165, 1.54) is 6.20 Å². The van der Waals surface area contributed by atoms with E-state index < -0.39 is 0 Å². The van der Waals surface area contributed by atoms with Gasteiger partial charge in [0.2, 0.25) is 0 Å². The Morgan fingerprint density at radius 3 is 2.95 bits per heavy atom. The lowest BCUT2D eigenvalue weighted by Crippen LogP contribution is -2.19. The van der Waals surface area contributed by atoms with Crippen LogP contribution in [-0.2, 0) is 4.74 Å². The molecule has 1 N–H and O–H groups in total. The van der Waals surface area contributed by atoms with Crippen LogP contribution in [0.4, 0.5) is 0 Å². The Labute approximate surface area is 112 Å². The van der Waals surface area contributed by atoms with E-state index in [9.17, 15) is 5.11 Å². The maximum atomic E-state index is 9.63. The van der Waals surface area contributed by atoms with E-state index in [0.717, 1.165) is 42.6 Å². The second kappa shape index (κ2) is 4.81. The molecule has 1 atom stereocenters. The molecule has 2 aromatic rings. The normalized spacial score (nSPS) is 20.3. The van der Waals surface area contributed by atoms with E-state index in [-0.39, 0.29) is 17.9 Å². The molecule has 0 aliphatic carbocycles. The smallest absolute Gasteiger partial charge is 0.161 e. The molecular formula is C14H19N3O2. The Morgan fingerprint density at radius 2 is 2.26 bits per heavy atom. The average molecular weight is 261 g/mol. The Bertz CT molecular complexity index is 586. The molecule has 1 unspecified atom stereocenters. The second-order valence-corrected chi connectivity index (χ2v) is 5.37. The van der Waals surface area contributed by atoms with Gasteiger partial charge in [-0.15, -0.1) is 0 Å². The van der Waals surface area contributed by atoms with Crippen LogP contribution in [0.5, 0.6) is 5.75 Å². The molecule has 0 aromatic carbocycles. The van der Waals surface area contributed by atoms with Crippen molar-refractivity contribution in [3.05, 3.63) is 18.0 Å². The van der Waals surface area contributed by atoms with Crippen LogP contribution in [0.3, 0.4) is 0 Å². The molecule has 0 bridgehead atoms. The Hall–Kier alpha value is -1.62. The molecule has 1 aliphatic heterocycles. The topological polar surface area (TPSA) is 60.2 Å². The predicted octanol–water partition coefficient (Wildman–Crippen LogP) is 2.96. The SMILES string of the molecule is CC(C)c1nn(C2CCCCO2)c2ncc(O)cc12. The fourth-order valence-corrected chi connectivity index (χ4v) is 2.58. The summed E-state index contributed by atoms with van der Waals surface area (Å²) in [6, 6.07) is 1.74. The van der Waals surface area contributed by atoms with Crippen molar-refractivity contribution in [1.29, 1.82) is 0 Å². The van der Waals surface area contributed by atoms with Crippen molar-refractivity contribution in [3.63, 3.8) is 0 Å². The maximum Gasteiger partial charge on any atom is 0.161 e. The zero-order valence-electron chi connectivity index (χ0n) is 11.3. The fraction of sp³-hybridized carbons (Fsp3) is 0.571. The minimum absolute atomic E-state index is 0.0270. The van der Waals surface area contributed by atoms with E-state index in [4.69, 9.17) is 4.74 Å². The van der Waals surface area contributed by atoms with Crippen LogP contribution in [0.15, 0.2) is 12.3 Å². The van der Waals surface area contributed by atoms with Gasteiger partial charge in [-0.05, 0) is 31.2 Å². The minimum atomic E-state index is -0.0270. The maximum absolute atomic E-state index is 9.63. The van der Waals surface area contributed by atoms with E-state index in [1.807, 2.05) is 4.68 Å². The predicted molar refractivity (Wildman–Crippen MR) is 72.1 cm³/mol. The van der Waals surface area contributed by atoms with Crippen molar-refractivity contribution in [2.24, 2.45) is 0 Å². The van der Waals surface area contributed by atoms with Gasteiger partial charge in [-0.2, -0.15) is 5.10 Å². The third-order valence-electron chi connectivity index (χ3n) is 3.54. The summed E-state index contributed by atoms with van der Waals surface area (Å²) >= 11 is 0. The first-order valence-electron chi connectivity index (χ1n) is 6.85. The van der Waals surface area contributed by atoms with Crippen molar-refractivity contribution >= 4 is 11.0 Å². The van der Waals surface area contributed by atoms with Crippen molar-refractivity contribution < 1.29 is 9.84 Å². The molecule has 0 spiro atoms. The van der Waals surface area contributed by atoms with E-state index >= 15 is 0 Å². The first-order valence-corrected chi connectivity index (χ1v) is 6.85. The largest absolute Gasteiger partial charge is 0.506 e. The van der Waals surface area contributed by atoms with Crippen LogP contribution in [0, 0.1) is 0 Å². The van der Waals surface area contributed by atoms with Gasteiger partial charge < -0.3 is 9.84 Å². The first kappa shape index (κ1) is 12.4. The van der Waals surface area contributed by atoms with Gasteiger partial charge in [-0.1, -0.05) is 13.8 Å². The van der Waals surface area contributed by atoms with Gasteiger partial charge in [0.1, 0.15) is 5.75 Å². The summed E-state index contributed by atoms with van der Waals surface area (Å²) in [5.74, 6) is 0.467. The van der Waals surface area contributed by atoms with Crippen LogP contribution in [0.1, 0.15) is 50.9 Å². The zero-order chi connectivity index (χ0) is 13.4. The van der Waals surface area contributed by atoms with Gasteiger partial charge in [0.15, 0.2) is 11.9 Å². The molecule has 3 heterocycles. The van der Waals surface area contributed by atoms with Crippen LogP contribution >= 0.6 is 0 Å². The lowest BCUT2D eigenvalue weighted by atomic mass is 10.1. The van der Waals surface area contributed by atoms with E-state index in [0.29, 0.717) is 0 Å². The van der Waals surface area contributed by atoms with Crippen molar-refractivity contribution in [3.8, 4) is 5.75 Å². The highest BCUT2D eigenvalue weighted by Gasteiger charge is 2.22. The molecule has 102 valence electrons. The first-order chi connectivity index (χ1) is 9.16. The van der Waals surface area contributed by atoms with E-state index in [1.54, 1.807) is 6.07 Å². The number of fused-ring (bicyclic) bond motifs is 1. The molecule has 0 radical (unpaired) electrons. The molecule has 19 heavy (non-hydrogen) atoms. The second-order valence-electron chi connectivity index (χ2n) is 5.37. The molecule has 2 aromatic heterocycles. The molecule has 5 heteroatoms. The van der Waals surface area contributed by atoms with Gasteiger partial charge in [0, 0.05) is 12.0 Å². The molecule has 1 saturated heterocycles. The van der Waals surface area contributed by atoms with Crippen molar-refractivity contribution in [2.45, 2.75) is 45.3 Å². The lowest BCUT2D eigenvalue weighted by Gasteiger charge is -2.23. The Balaban J connectivity index is 2.13. The summed E-state index contributed by atoms with van der Waals surface area (Å²) < 4.78 is 7.67. The Morgan fingerprint density at radius 1 is 1.42 bits per heavy atom. The molecule has 1 fully saturated rings. The number of aromatic hydroxyl groups is 1. The number of nitrogens with zero attached hydrogens (tertiary/aromatic N) is 3. The highest BCUT2D eigenvalue weighted by molar-refractivity contribution is 5.80. The number of pyridine rings is 1. The van der Waals surface area contributed by atoms with Gasteiger partial charge in [-0.25, -0.2) is 9.67 Å². The number of rotatable bonds is 2. The number of aromatic nitrogens is 3. The third-order valence-corrected chi connectivity index (χ3v) is 3.54. The summed E-state index contributed by atoms with van der Waals surface area (Å²) in [7, 11) is 0. The van der Waals surface area contributed by atoms with E-state index in [2.05, 4.69) is 23.9 Å². The molecular weight excluding hydrogens is 242 g/mol. The number of hydrogen-bond acceptors (Lipinski definition) is 4. The monoisotopic (exact) mass is 261 g/mol. The average Bonchev–Trinajstić information content (AvgIpc) is 2.78. The van der Waals surface area contributed by atoms with Crippen LogP contribution in [0.25, 0.3) is 11.0 Å². The quantitative estimate of drug-likeness (QED) is 0.902. The van der Waals surface area contributed by atoms with Crippen molar-refractivity contribution in [1.82, 2.24) is 14.8 Å². The number of hydrogen-bond donors (Lipinski definition) is 1. The van der Waals surface area contributed by atoms with Crippen LogP contribution < -0.4 is 0 Å². The Kier molecular flexibility index (Phi) is 3.14. The standard InChI is InChI=1S/C14H19N3O2/c1-9(2)13-11-7-10(18)8-15-14(11)17(16-13)12-5-3-4-6-19-12/h7-9,12,18H,3-6H2,1-2H3. The summed E-state index contributed by atoms with van der Waals surface area (Å²) in [6.07, 6.45) is 4.67. The highest BCUT2D eigenvalue weighted by atomic mass is 16.5. The summed E-state index contributed by atoms with van der Waals surface area (Å²) in [5.41, 5.74) is 1.76. The summed E-state index contributed by atoms with van der Waals surface area (Å²) in [4.78, 5) is 4.33. The fourth-order valence-electron chi connectivity index (χ4n) is 2.58. The minimum Gasteiger partial charge on any atom is -0.506 e. The zero-order valence-corrected chi connectivity index (χ0v) is 11.3. The third kappa shape index (κ3) is 2.18. The number of ether oxygens (including phenoxy) is 1. The molecule has 3 rings (SSSR count). The van der Waals surface area contributed by atoms with Crippen LogP contribution in [-0.4, -0.2) is 26.5 Å². The summed E-state index contributed by atoms with van der Waals surface area (Å²) in [6.45, 7) is 4.97.